The monoisotopic (exact) mass is 403 g/mol. The molecule has 0 spiro atoms. The van der Waals surface area contributed by atoms with Crippen molar-refractivity contribution in [3.05, 3.63) is 58.6 Å². The highest BCUT2D eigenvalue weighted by Crippen LogP contribution is 2.34. The van der Waals surface area contributed by atoms with E-state index in [0.29, 0.717) is 17.2 Å². The summed E-state index contributed by atoms with van der Waals surface area (Å²) in [5.41, 5.74) is 1.38. The summed E-state index contributed by atoms with van der Waals surface area (Å²) in [6.45, 7) is -0.217. The Kier molecular flexibility index (Phi) is 5.35. The van der Waals surface area contributed by atoms with Crippen molar-refractivity contribution < 1.29 is 23.8 Å². The molecule has 0 radical (unpaired) electrons. The summed E-state index contributed by atoms with van der Waals surface area (Å²) in [4.78, 5) is 23.5. The first-order valence-electron chi connectivity index (χ1n) is 7.40. The Labute approximate surface area is 152 Å². The number of hydrogen-bond acceptors (Lipinski definition) is 5. The van der Waals surface area contributed by atoms with E-state index in [2.05, 4.69) is 21.2 Å². The first-order valence-corrected chi connectivity index (χ1v) is 8.19. The largest absolute Gasteiger partial charge is 0.454 e. The molecule has 0 aliphatic carbocycles. The van der Waals surface area contributed by atoms with Crippen LogP contribution >= 0.6 is 15.9 Å². The summed E-state index contributed by atoms with van der Waals surface area (Å²) < 4.78 is 16.2. The van der Waals surface area contributed by atoms with Crippen molar-refractivity contribution in [2.24, 2.45) is 0 Å². The van der Waals surface area contributed by atoms with Gasteiger partial charge in [0, 0.05) is 22.3 Å². The zero-order valence-electron chi connectivity index (χ0n) is 13.0. The maximum atomic E-state index is 11.8. The van der Waals surface area contributed by atoms with E-state index in [4.69, 9.17) is 14.2 Å². The molecule has 0 saturated heterocycles. The maximum Gasteiger partial charge on any atom is 0.331 e. The Bertz CT molecular complexity index is 834. The van der Waals surface area contributed by atoms with Crippen LogP contribution in [-0.2, 0) is 14.3 Å². The van der Waals surface area contributed by atoms with Crippen molar-refractivity contribution in [3.8, 4) is 11.5 Å². The molecule has 25 heavy (non-hydrogen) atoms. The van der Waals surface area contributed by atoms with E-state index in [1.807, 2.05) is 24.3 Å². The minimum Gasteiger partial charge on any atom is -0.454 e. The molecular formula is C18H14BrNO5. The summed E-state index contributed by atoms with van der Waals surface area (Å²) in [6, 6.07) is 12.5. The van der Waals surface area contributed by atoms with E-state index in [9.17, 15) is 9.59 Å². The van der Waals surface area contributed by atoms with Gasteiger partial charge in [0.25, 0.3) is 5.91 Å². The third-order valence-electron chi connectivity index (χ3n) is 3.26. The molecule has 2 aromatic rings. The number of carbonyl (C=O) groups excluding carboxylic acids is 2. The van der Waals surface area contributed by atoms with Crippen LogP contribution in [0.25, 0.3) is 6.08 Å². The number of rotatable bonds is 5. The first-order chi connectivity index (χ1) is 12.1. The van der Waals surface area contributed by atoms with E-state index in [0.717, 1.165) is 10.0 Å². The fourth-order valence-corrected chi connectivity index (χ4v) is 2.55. The highest BCUT2D eigenvalue weighted by atomic mass is 79.9. The fourth-order valence-electron chi connectivity index (χ4n) is 2.13. The van der Waals surface area contributed by atoms with Gasteiger partial charge < -0.3 is 19.5 Å². The average molecular weight is 404 g/mol. The van der Waals surface area contributed by atoms with E-state index in [-0.39, 0.29) is 13.4 Å². The SMILES string of the molecule is O=C(COC(=O)/C=C/c1cccc(Br)c1)Nc1ccc2c(c1)OCO2. The van der Waals surface area contributed by atoms with E-state index < -0.39 is 11.9 Å². The third-order valence-corrected chi connectivity index (χ3v) is 3.76. The number of carbonyl (C=O) groups is 2. The summed E-state index contributed by atoms with van der Waals surface area (Å²) in [5, 5.41) is 2.63. The van der Waals surface area contributed by atoms with Crippen molar-refractivity contribution in [3.63, 3.8) is 0 Å². The number of fused-ring (bicyclic) bond motifs is 1. The minimum atomic E-state index is -0.596. The molecule has 1 N–H and O–H groups in total. The van der Waals surface area contributed by atoms with Crippen molar-refractivity contribution in [2.45, 2.75) is 0 Å². The van der Waals surface area contributed by atoms with Gasteiger partial charge in [0.05, 0.1) is 0 Å². The van der Waals surface area contributed by atoms with Gasteiger partial charge in [-0.2, -0.15) is 0 Å². The van der Waals surface area contributed by atoms with Gasteiger partial charge in [-0.15, -0.1) is 0 Å². The predicted octanol–water partition coefficient (Wildman–Crippen LogP) is 3.37. The lowest BCUT2D eigenvalue weighted by molar-refractivity contribution is -0.142. The topological polar surface area (TPSA) is 73.9 Å². The minimum absolute atomic E-state index is 0.161. The fraction of sp³-hybridized carbons (Fsp3) is 0.111. The summed E-state index contributed by atoms with van der Waals surface area (Å²) in [5.74, 6) is 0.151. The number of anilines is 1. The molecule has 2 aromatic carbocycles. The van der Waals surface area contributed by atoms with Gasteiger partial charge in [0.2, 0.25) is 6.79 Å². The van der Waals surface area contributed by atoms with Crippen LogP contribution in [0.15, 0.2) is 53.0 Å². The number of ether oxygens (including phenoxy) is 3. The zero-order valence-corrected chi connectivity index (χ0v) is 14.6. The van der Waals surface area contributed by atoms with Crippen LogP contribution in [0.3, 0.4) is 0 Å². The zero-order chi connectivity index (χ0) is 17.6. The Morgan fingerprint density at radius 1 is 1.16 bits per heavy atom. The Morgan fingerprint density at radius 2 is 2.00 bits per heavy atom. The Hall–Kier alpha value is -2.80. The standard InChI is InChI=1S/C18H14BrNO5/c19-13-3-1-2-12(8-13)4-7-18(22)23-10-17(21)20-14-5-6-15-16(9-14)25-11-24-15/h1-9H,10-11H2,(H,20,21)/b7-4+. The molecule has 6 nitrogen and oxygen atoms in total. The molecule has 0 bridgehead atoms. The normalized spacial score (nSPS) is 12.2. The molecule has 7 heteroatoms. The Morgan fingerprint density at radius 3 is 2.84 bits per heavy atom. The third kappa shape index (κ3) is 4.84. The molecule has 128 valence electrons. The van der Waals surface area contributed by atoms with Crippen LogP contribution in [-0.4, -0.2) is 25.3 Å². The van der Waals surface area contributed by atoms with Gasteiger partial charge in [-0.05, 0) is 35.9 Å². The molecule has 1 heterocycles. The lowest BCUT2D eigenvalue weighted by Gasteiger charge is -2.06. The molecule has 1 aliphatic heterocycles. The average Bonchev–Trinajstić information content (AvgIpc) is 3.06. The van der Waals surface area contributed by atoms with Gasteiger partial charge in [0.1, 0.15) is 0 Å². The van der Waals surface area contributed by atoms with Crippen LogP contribution in [0.5, 0.6) is 11.5 Å². The smallest absolute Gasteiger partial charge is 0.331 e. The quantitative estimate of drug-likeness (QED) is 0.611. The first kappa shape index (κ1) is 17.0. The molecule has 0 aromatic heterocycles. The number of halogens is 1. The molecule has 0 atom stereocenters. The molecule has 0 fully saturated rings. The highest BCUT2D eigenvalue weighted by molar-refractivity contribution is 9.10. The molecular weight excluding hydrogens is 390 g/mol. The second-order valence-corrected chi connectivity index (χ2v) is 6.03. The van der Waals surface area contributed by atoms with Crippen LogP contribution in [0.2, 0.25) is 0 Å². The van der Waals surface area contributed by atoms with E-state index in [1.165, 1.54) is 6.08 Å². The van der Waals surface area contributed by atoms with Crippen LogP contribution in [0.4, 0.5) is 5.69 Å². The summed E-state index contributed by atoms with van der Waals surface area (Å²) in [6.07, 6.45) is 2.89. The Balaban J connectivity index is 1.48. The molecule has 3 rings (SSSR count). The molecule has 0 unspecified atom stereocenters. The second-order valence-electron chi connectivity index (χ2n) is 5.11. The molecule has 1 aliphatic rings. The number of esters is 1. The van der Waals surface area contributed by atoms with Crippen molar-refractivity contribution >= 4 is 39.6 Å². The summed E-state index contributed by atoms with van der Waals surface area (Å²) >= 11 is 3.35. The van der Waals surface area contributed by atoms with Crippen molar-refractivity contribution in [1.82, 2.24) is 0 Å². The maximum absolute atomic E-state index is 11.8. The molecule has 0 saturated carbocycles. The van der Waals surface area contributed by atoms with E-state index in [1.54, 1.807) is 24.3 Å². The lowest BCUT2D eigenvalue weighted by Crippen LogP contribution is -2.20. The summed E-state index contributed by atoms with van der Waals surface area (Å²) in [7, 11) is 0. The van der Waals surface area contributed by atoms with Crippen LogP contribution in [0, 0.1) is 0 Å². The molecule has 1 amide bonds. The van der Waals surface area contributed by atoms with Crippen LogP contribution < -0.4 is 14.8 Å². The van der Waals surface area contributed by atoms with Crippen molar-refractivity contribution in [1.29, 1.82) is 0 Å². The van der Waals surface area contributed by atoms with Crippen molar-refractivity contribution in [2.75, 3.05) is 18.7 Å². The number of amides is 1. The van der Waals surface area contributed by atoms with Gasteiger partial charge in [-0.25, -0.2) is 4.79 Å². The number of nitrogens with one attached hydrogen (secondary N) is 1. The second kappa shape index (κ2) is 7.85. The van der Waals surface area contributed by atoms with Gasteiger partial charge in [-0.1, -0.05) is 28.1 Å². The van der Waals surface area contributed by atoms with Gasteiger partial charge in [0.15, 0.2) is 18.1 Å². The lowest BCUT2D eigenvalue weighted by atomic mass is 10.2. The highest BCUT2D eigenvalue weighted by Gasteiger charge is 2.14. The van der Waals surface area contributed by atoms with Gasteiger partial charge >= 0.3 is 5.97 Å². The van der Waals surface area contributed by atoms with Gasteiger partial charge in [-0.3, -0.25) is 4.79 Å². The van der Waals surface area contributed by atoms with E-state index >= 15 is 0 Å². The van der Waals surface area contributed by atoms with Crippen LogP contribution in [0.1, 0.15) is 5.56 Å². The number of benzene rings is 2. The predicted molar refractivity (Wildman–Crippen MR) is 95.3 cm³/mol. The number of hydrogen-bond donors (Lipinski definition) is 1.